The smallest absolute Gasteiger partial charge is 0.191 e. The number of anilines is 1. The van der Waals surface area contributed by atoms with Gasteiger partial charge < -0.3 is 11.1 Å². The molecule has 0 radical (unpaired) electrons. The lowest BCUT2D eigenvalue weighted by Crippen LogP contribution is -2.19. The molecule has 3 nitrogen and oxygen atoms in total. The molecule has 2 aliphatic rings. The fraction of sp³-hybridized carbons (Fsp3) is 0.357. The van der Waals surface area contributed by atoms with Crippen LogP contribution in [-0.2, 0) is 6.42 Å². The Morgan fingerprint density at radius 3 is 3.00 bits per heavy atom. The molecule has 0 amide bonds. The second-order valence-corrected chi connectivity index (χ2v) is 4.78. The Kier molecular flexibility index (Phi) is 2.48. The van der Waals surface area contributed by atoms with Crippen molar-refractivity contribution in [2.75, 3.05) is 12.3 Å². The second kappa shape index (κ2) is 4.00. The van der Waals surface area contributed by atoms with E-state index in [2.05, 4.69) is 11.4 Å². The third-order valence-electron chi connectivity index (χ3n) is 3.58. The van der Waals surface area contributed by atoms with Gasteiger partial charge in [0, 0.05) is 29.3 Å². The van der Waals surface area contributed by atoms with Crippen LogP contribution in [0.1, 0.15) is 28.8 Å². The highest BCUT2D eigenvalue weighted by molar-refractivity contribution is 6.16. The van der Waals surface area contributed by atoms with Crippen molar-refractivity contribution < 1.29 is 4.79 Å². The molecule has 17 heavy (non-hydrogen) atoms. The van der Waals surface area contributed by atoms with Crippen molar-refractivity contribution in [3.8, 4) is 0 Å². The number of hydrogen-bond donors (Lipinski definition) is 2. The Labute approximate surface area is 101 Å². The second-order valence-electron chi connectivity index (χ2n) is 4.78. The van der Waals surface area contributed by atoms with Gasteiger partial charge in [0.25, 0.3) is 0 Å². The van der Waals surface area contributed by atoms with Crippen LogP contribution in [0.25, 0.3) is 0 Å². The molecule has 3 heteroatoms. The van der Waals surface area contributed by atoms with Crippen LogP contribution < -0.4 is 11.1 Å². The van der Waals surface area contributed by atoms with Crippen LogP contribution in [0.15, 0.2) is 29.8 Å². The Balaban J connectivity index is 1.93. The van der Waals surface area contributed by atoms with Gasteiger partial charge in [0.15, 0.2) is 5.78 Å². The maximum atomic E-state index is 12.2. The summed E-state index contributed by atoms with van der Waals surface area (Å²) in [6.07, 6.45) is 5.15. The zero-order chi connectivity index (χ0) is 11.8. The minimum atomic E-state index is 0.117. The Bertz CT molecular complexity index is 499. The SMILES string of the molecule is Nc1cccc2c1C(=O)C(=CC1CCCN1)C2. The monoisotopic (exact) mass is 228 g/mol. The van der Waals surface area contributed by atoms with Gasteiger partial charge in [-0.25, -0.2) is 0 Å². The van der Waals surface area contributed by atoms with Gasteiger partial charge in [-0.05, 0) is 31.0 Å². The molecule has 1 fully saturated rings. The van der Waals surface area contributed by atoms with Crippen molar-refractivity contribution in [3.63, 3.8) is 0 Å². The lowest BCUT2D eigenvalue weighted by Gasteiger charge is -2.04. The number of Topliss-reactive ketones (excluding diaryl/α,β-unsaturated/α-hetero) is 1. The fourth-order valence-corrected chi connectivity index (χ4v) is 2.72. The van der Waals surface area contributed by atoms with Gasteiger partial charge in [0.2, 0.25) is 0 Å². The average molecular weight is 228 g/mol. The molecular weight excluding hydrogens is 212 g/mol. The van der Waals surface area contributed by atoms with Gasteiger partial charge in [-0.3, -0.25) is 4.79 Å². The Morgan fingerprint density at radius 2 is 2.29 bits per heavy atom. The third-order valence-corrected chi connectivity index (χ3v) is 3.58. The zero-order valence-corrected chi connectivity index (χ0v) is 9.70. The Morgan fingerprint density at radius 1 is 1.41 bits per heavy atom. The van der Waals surface area contributed by atoms with Gasteiger partial charge >= 0.3 is 0 Å². The average Bonchev–Trinajstić information content (AvgIpc) is 2.90. The van der Waals surface area contributed by atoms with E-state index < -0.39 is 0 Å². The summed E-state index contributed by atoms with van der Waals surface area (Å²) < 4.78 is 0. The number of rotatable bonds is 1. The minimum Gasteiger partial charge on any atom is -0.398 e. The molecular formula is C14H16N2O. The van der Waals surface area contributed by atoms with E-state index in [1.54, 1.807) is 6.07 Å². The first kappa shape index (κ1) is 10.5. The van der Waals surface area contributed by atoms with Crippen molar-refractivity contribution in [2.24, 2.45) is 0 Å². The maximum Gasteiger partial charge on any atom is 0.191 e. The van der Waals surface area contributed by atoms with Gasteiger partial charge in [0.1, 0.15) is 0 Å². The molecule has 3 rings (SSSR count). The standard InChI is InChI=1S/C14H16N2O/c15-12-5-1-3-9-7-10(14(17)13(9)12)8-11-4-2-6-16-11/h1,3,5,8,11,16H,2,4,6-7,15H2. The first-order chi connectivity index (χ1) is 8.25. The summed E-state index contributed by atoms with van der Waals surface area (Å²) in [5.41, 5.74) is 9.16. The van der Waals surface area contributed by atoms with Crippen LogP contribution in [0.2, 0.25) is 0 Å². The minimum absolute atomic E-state index is 0.117. The van der Waals surface area contributed by atoms with E-state index in [0.29, 0.717) is 11.7 Å². The lowest BCUT2D eigenvalue weighted by atomic mass is 10.1. The molecule has 0 saturated carbocycles. The number of nitrogens with two attached hydrogens (primary N) is 1. The van der Waals surface area contributed by atoms with E-state index in [1.165, 1.54) is 6.42 Å². The number of nitrogens with one attached hydrogen (secondary N) is 1. The van der Waals surface area contributed by atoms with Crippen LogP contribution in [0.4, 0.5) is 5.69 Å². The highest BCUT2D eigenvalue weighted by Gasteiger charge is 2.27. The van der Waals surface area contributed by atoms with Crippen LogP contribution in [-0.4, -0.2) is 18.4 Å². The van der Waals surface area contributed by atoms with Crippen molar-refractivity contribution in [1.29, 1.82) is 0 Å². The largest absolute Gasteiger partial charge is 0.398 e. The molecule has 1 aromatic rings. The van der Waals surface area contributed by atoms with E-state index in [1.807, 2.05) is 12.1 Å². The summed E-state index contributed by atoms with van der Waals surface area (Å²) in [6, 6.07) is 6.07. The van der Waals surface area contributed by atoms with Crippen molar-refractivity contribution >= 4 is 11.5 Å². The van der Waals surface area contributed by atoms with Gasteiger partial charge in [0.05, 0.1) is 0 Å². The normalized spacial score (nSPS) is 25.5. The quantitative estimate of drug-likeness (QED) is 0.568. The number of hydrogen-bond acceptors (Lipinski definition) is 3. The number of ketones is 1. The molecule has 0 bridgehead atoms. The van der Waals surface area contributed by atoms with Gasteiger partial charge in [-0.2, -0.15) is 0 Å². The van der Waals surface area contributed by atoms with Crippen molar-refractivity contribution in [3.05, 3.63) is 41.0 Å². The van der Waals surface area contributed by atoms with Gasteiger partial charge in [-0.1, -0.05) is 18.2 Å². The number of fused-ring (bicyclic) bond motifs is 1. The molecule has 3 N–H and O–H groups in total. The highest BCUT2D eigenvalue weighted by atomic mass is 16.1. The third kappa shape index (κ3) is 1.76. The lowest BCUT2D eigenvalue weighted by molar-refractivity contribution is 0.103. The van der Waals surface area contributed by atoms with Crippen LogP contribution in [0.5, 0.6) is 0 Å². The maximum absolute atomic E-state index is 12.2. The number of nitrogen functional groups attached to an aromatic ring is 1. The summed E-state index contributed by atoms with van der Waals surface area (Å²) in [6.45, 7) is 1.05. The topological polar surface area (TPSA) is 55.1 Å². The molecule has 0 aromatic heterocycles. The number of carbonyl (C=O) groups is 1. The molecule has 1 aliphatic heterocycles. The van der Waals surface area contributed by atoms with E-state index in [0.717, 1.165) is 36.1 Å². The van der Waals surface area contributed by atoms with Crippen LogP contribution in [0, 0.1) is 0 Å². The fourth-order valence-electron chi connectivity index (χ4n) is 2.72. The van der Waals surface area contributed by atoms with Crippen LogP contribution >= 0.6 is 0 Å². The highest BCUT2D eigenvalue weighted by Crippen LogP contribution is 2.31. The summed E-state index contributed by atoms with van der Waals surface area (Å²) in [4.78, 5) is 12.2. The summed E-state index contributed by atoms with van der Waals surface area (Å²) >= 11 is 0. The Hall–Kier alpha value is -1.61. The van der Waals surface area contributed by atoms with E-state index in [4.69, 9.17) is 5.73 Å². The molecule has 1 aromatic carbocycles. The van der Waals surface area contributed by atoms with Crippen molar-refractivity contribution in [2.45, 2.75) is 25.3 Å². The summed E-state index contributed by atoms with van der Waals surface area (Å²) in [7, 11) is 0. The predicted octanol–water partition coefficient (Wildman–Crippen LogP) is 1.69. The molecule has 0 spiro atoms. The zero-order valence-electron chi connectivity index (χ0n) is 9.70. The molecule has 1 atom stereocenters. The van der Waals surface area contributed by atoms with Crippen LogP contribution in [0.3, 0.4) is 0 Å². The summed E-state index contributed by atoms with van der Waals surface area (Å²) in [5.74, 6) is 0.117. The number of carbonyl (C=O) groups excluding carboxylic acids is 1. The molecule has 1 heterocycles. The van der Waals surface area contributed by atoms with E-state index in [-0.39, 0.29) is 5.78 Å². The molecule has 1 saturated heterocycles. The first-order valence-electron chi connectivity index (χ1n) is 6.12. The van der Waals surface area contributed by atoms with E-state index in [9.17, 15) is 4.79 Å². The van der Waals surface area contributed by atoms with Crippen molar-refractivity contribution in [1.82, 2.24) is 5.32 Å². The first-order valence-corrected chi connectivity index (χ1v) is 6.12. The molecule has 1 unspecified atom stereocenters. The molecule has 1 aliphatic carbocycles. The summed E-state index contributed by atoms with van der Waals surface area (Å²) in [5, 5.41) is 3.39. The number of benzene rings is 1. The van der Waals surface area contributed by atoms with E-state index >= 15 is 0 Å². The van der Waals surface area contributed by atoms with Gasteiger partial charge in [-0.15, -0.1) is 0 Å². The number of allylic oxidation sites excluding steroid dienone is 1. The predicted molar refractivity (Wildman–Crippen MR) is 68.0 cm³/mol. The molecule has 88 valence electrons.